The van der Waals surface area contributed by atoms with Gasteiger partial charge in [0.2, 0.25) is 0 Å². The number of nitrogens with zero attached hydrogens (tertiary/aromatic N) is 2. The van der Waals surface area contributed by atoms with Crippen molar-refractivity contribution in [3.8, 4) is 0 Å². The van der Waals surface area contributed by atoms with Crippen molar-refractivity contribution in [1.82, 2.24) is 9.80 Å². The molecule has 0 unspecified atom stereocenters. The molecule has 3 aliphatic heterocycles. The van der Waals surface area contributed by atoms with E-state index >= 15 is 0 Å². The van der Waals surface area contributed by atoms with Crippen molar-refractivity contribution in [3.05, 3.63) is 0 Å². The molecule has 19 atom stereocenters. The highest BCUT2D eigenvalue weighted by molar-refractivity contribution is 5.78. The van der Waals surface area contributed by atoms with Gasteiger partial charge in [0.05, 0.1) is 47.6 Å². The van der Waals surface area contributed by atoms with Crippen LogP contribution in [0.2, 0.25) is 0 Å². The van der Waals surface area contributed by atoms with Crippen LogP contribution in [0.15, 0.2) is 0 Å². The second kappa shape index (κ2) is 21.1. The van der Waals surface area contributed by atoms with E-state index in [-0.39, 0.29) is 31.3 Å². The number of rotatable bonds is 10. The molecule has 0 radical (unpaired) electrons. The predicted octanol–water partition coefficient (Wildman–Crippen LogP) is 2.40. The van der Waals surface area contributed by atoms with Crippen LogP contribution in [0.1, 0.15) is 109 Å². The molecule has 0 saturated carbocycles. The van der Waals surface area contributed by atoms with Crippen LogP contribution in [0.3, 0.4) is 0 Å². The van der Waals surface area contributed by atoms with E-state index in [2.05, 4.69) is 0 Å². The Morgan fingerprint density at radius 2 is 1.58 bits per heavy atom. The second-order valence-electron chi connectivity index (χ2n) is 18.8. The number of cyclic esters (lactones) is 1. The van der Waals surface area contributed by atoms with E-state index in [1.54, 1.807) is 48.5 Å². The number of hydrogen-bond donors (Lipinski definition) is 4. The topological polar surface area (TPSA) is 212 Å². The van der Waals surface area contributed by atoms with Crippen LogP contribution in [0.4, 0.5) is 0 Å². The van der Waals surface area contributed by atoms with Crippen LogP contribution in [0, 0.1) is 17.8 Å². The third kappa shape index (κ3) is 12.4. The lowest BCUT2D eigenvalue weighted by atomic mass is 9.77. The Bertz CT molecular complexity index is 1420. The lowest BCUT2D eigenvalue weighted by Gasteiger charge is -2.49. The maximum Gasteiger partial charge on any atom is 0.347 e. The molecule has 3 heterocycles. The summed E-state index contributed by atoms with van der Waals surface area (Å²) in [5.41, 5.74) is -4.61. The Balaban J connectivity index is 2.25. The van der Waals surface area contributed by atoms with Gasteiger partial charge in [0.25, 0.3) is 0 Å². The standard InChI is InChI=1S/C43H78N2O15/c1-17-31-43(12,52)35(47)26(6)45(15)21-22(2)19-41(10,51)37(60-40-34(30(44(13)14)18-23(3)54-40)59-39(50)28(8)55-29(9)46)24(4)33(25(5)38(49)57-31)58-32-20-42(11,53-16)36(48)27(7)56-32/h22-28,30-37,40,47-48,51-52H,17-21H2,1-16H3/t22-,23-,24+,25-,26-,27+,28-,30+,31-,32+,33+,34-,35-,36+,37-,40+,41-,42-,43-/m1/s1. The van der Waals surface area contributed by atoms with E-state index in [0.29, 0.717) is 13.0 Å². The molecular weight excluding hydrogens is 784 g/mol. The van der Waals surface area contributed by atoms with Crippen molar-refractivity contribution in [2.24, 2.45) is 17.8 Å². The van der Waals surface area contributed by atoms with Crippen LogP contribution < -0.4 is 0 Å². The van der Waals surface area contributed by atoms with E-state index in [1.165, 1.54) is 27.9 Å². The lowest BCUT2D eigenvalue weighted by Crippen LogP contribution is -2.61. The molecule has 60 heavy (non-hydrogen) atoms. The van der Waals surface area contributed by atoms with Gasteiger partial charge >= 0.3 is 17.9 Å². The Morgan fingerprint density at radius 3 is 2.13 bits per heavy atom. The number of carbonyl (C=O) groups excluding carboxylic acids is 3. The summed E-state index contributed by atoms with van der Waals surface area (Å²) >= 11 is 0. The van der Waals surface area contributed by atoms with Gasteiger partial charge in [-0.15, -0.1) is 0 Å². The summed E-state index contributed by atoms with van der Waals surface area (Å²) in [6.45, 7) is 20.3. The first-order valence-corrected chi connectivity index (χ1v) is 21.5. The number of likely N-dealkylation sites (N-methyl/N-ethyl adjacent to an activating group) is 2. The van der Waals surface area contributed by atoms with Crippen molar-refractivity contribution >= 4 is 17.9 Å². The third-order valence-electron chi connectivity index (χ3n) is 13.1. The fourth-order valence-electron chi connectivity index (χ4n) is 9.37. The largest absolute Gasteiger partial charge is 0.459 e. The molecule has 17 nitrogen and oxygen atoms in total. The van der Waals surface area contributed by atoms with E-state index < -0.39 is 120 Å². The van der Waals surface area contributed by atoms with E-state index in [0.717, 1.165) is 0 Å². The minimum Gasteiger partial charge on any atom is -0.459 e. The quantitative estimate of drug-likeness (QED) is 0.183. The average molecular weight is 863 g/mol. The zero-order valence-electron chi connectivity index (χ0n) is 38.9. The normalized spacial score (nSPS) is 44.9. The van der Waals surface area contributed by atoms with Crippen LogP contribution in [-0.4, -0.2) is 179 Å². The fraction of sp³-hybridized carbons (Fsp3) is 0.930. The van der Waals surface area contributed by atoms with Gasteiger partial charge in [0.1, 0.15) is 23.9 Å². The lowest BCUT2D eigenvalue weighted by molar-refractivity contribution is -0.319. The Labute approximate surface area is 357 Å². The van der Waals surface area contributed by atoms with Gasteiger partial charge in [-0.25, -0.2) is 4.79 Å². The Hall–Kier alpha value is -2.03. The highest BCUT2D eigenvalue weighted by Crippen LogP contribution is 2.40. The number of esters is 3. The maximum absolute atomic E-state index is 14.4. The molecule has 0 aromatic heterocycles. The first-order chi connectivity index (χ1) is 27.6. The molecule has 3 aliphatic rings. The van der Waals surface area contributed by atoms with Crippen molar-refractivity contribution < 1.29 is 72.7 Å². The van der Waals surface area contributed by atoms with Crippen molar-refractivity contribution in [3.63, 3.8) is 0 Å². The van der Waals surface area contributed by atoms with Crippen molar-refractivity contribution in [2.45, 2.75) is 205 Å². The molecule has 0 spiro atoms. The number of hydrogen-bond acceptors (Lipinski definition) is 17. The van der Waals surface area contributed by atoms with Gasteiger partial charge < -0.3 is 68.1 Å². The van der Waals surface area contributed by atoms with Crippen LogP contribution in [0.25, 0.3) is 0 Å². The van der Waals surface area contributed by atoms with Gasteiger partial charge in [0, 0.05) is 39.0 Å². The number of aliphatic hydroxyl groups excluding tert-OH is 2. The van der Waals surface area contributed by atoms with E-state index in [1.807, 2.05) is 44.8 Å². The number of carbonyl (C=O) groups is 3. The molecule has 0 bridgehead atoms. The van der Waals surface area contributed by atoms with E-state index in [9.17, 15) is 34.8 Å². The Kier molecular flexibility index (Phi) is 18.4. The zero-order valence-corrected chi connectivity index (χ0v) is 38.9. The molecular formula is C43H78N2O15. The van der Waals surface area contributed by atoms with Crippen LogP contribution in [0.5, 0.6) is 0 Å². The second-order valence-corrected chi connectivity index (χ2v) is 18.8. The first-order valence-electron chi connectivity index (χ1n) is 21.5. The molecule has 3 rings (SSSR count). The highest BCUT2D eigenvalue weighted by atomic mass is 16.7. The van der Waals surface area contributed by atoms with Crippen LogP contribution in [-0.2, 0) is 52.3 Å². The minimum absolute atomic E-state index is 0.0773. The average Bonchev–Trinajstić information content (AvgIpc) is 3.15. The van der Waals surface area contributed by atoms with Gasteiger partial charge in [-0.3, -0.25) is 9.59 Å². The number of aliphatic hydroxyl groups is 4. The van der Waals surface area contributed by atoms with Gasteiger partial charge in [-0.1, -0.05) is 20.8 Å². The van der Waals surface area contributed by atoms with Gasteiger partial charge in [0.15, 0.2) is 24.8 Å². The van der Waals surface area contributed by atoms with Crippen LogP contribution >= 0.6 is 0 Å². The predicted molar refractivity (Wildman–Crippen MR) is 219 cm³/mol. The van der Waals surface area contributed by atoms with Gasteiger partial charge in [-0.05, 0) is 102 Å². The number of methoxy groups -OCH3 is 1. The van der Waals surface area contributed by atoms with Crippen molar-refractivity contribution in [2.75, 3.05) is 34.8 Å². The number of ether oxygens (including phenoxy) is 8. The summed E-state index contributed by atoms with van der Waals surface area (Å²) in [7, 11) is 6.97. The van der Waals surface area contributed by atoms with Crippen molar-refractivity contribution in [1.29, 1.82) is 0 Å². The molecule has 3 saturated heterocycles. The molecule has 4 N–H and O–H groups in total. The summed E-state index contributed by atoms with van der Waals surface area (Å²) in [6.07, 6.45) is -10.6. The fourth-order valence-corrected chi connectivity index (χ4v) is 9.37. The summed E-state index contributed by atoms with van der Waals surface area (Å²) in [5.74, 6) is -4.39. The Morgan fingerprint density at radius 1 is 0.967 bits per heavy atom. The van der Waals surface area contributed by atoms with Gasteiger partial charge in [-0.2, -0.15) is 0 Å². The zero-order chi connectivity index (χ0) is 45.8. The molecule has 0 aromatic rings. The molecule has 0 aromatic carbocycles. The smallest absolute Gasteiger partial charge is 0.347 e. The monoisotopic (exact) mass is 863 g/mol. The summed E-state index contributed by atoms with van der Waals surface area (Å²) in [6, 6.07) is -1.02. The summed E-state index contributed by atoms with van der Waals surface area (Å²) in [4.78, 5) is 43.4. The summed E-state index contributed by atoms with van der Waals surface area (Å²) < 4.78 is 49.3. The third-order valence-corrected chi connectivity index (χ3v) is 13.1. The minimum atomic E-state index is -1.85. The molecule has 3 fully saturated rings. The highest BCUT2D eigenvalue weighted by Gasteiger charge is 2.53. The molecule has 0 aliphatic carbocycles. The molecule has 350 valence electrons. The summed E-state index contributed by atoms with van der Waals surface area (Å²) in [5, 5.41) is 47.2. The van der Waals surface area contributed by atoms with E-state index in [4.69, 9.17) is 37.9 Å². The maximum atomic E-state index is 14.4. The molecule has 0 amide bonds. The first kappa shape index (κ1) is 52.3. The SMILES string of the molecule is CC[C@H]1OC(=O)[C@H](C)[C@@H](O[C@H]2C[C@@](C)(OC)[C@@H](O)[C@H](C)O2)[C@H](C)[C@@H](O[C@@H]2O[C@H](C)C[C@H](N(C)C)[C@H]2OC(=O)[C@@H](C)OC(C)=O)[C@](C)(O)C[C@@H](C)CN(C)[C@H](C)[C@@H](O)[C@]1(C)O. The molecule has 17 heteroatoms.